The van der Waals surface area contributed by atoms with Crippen molar-refractivity contribution in [1.29, 1.82) is 0 Å². The first-order valence-corrected chi connectivity index (χ1v) is 7.39. The van der Waals surface area contributed by atoms with Crippen LogP contribution in [0.1, 0.15) is 36.4 Å². The summed E-state index contributed by atoms with van der Waals surface area (Å²) in [6.45, 7) is 4.78. The Morgan fingerprint density at radius 2 is 2.00 bits per heavy atom. The SMILES string of the molecule is Cc1cc(C(CN)N2CC3CCCC3C2)ccc1F. The van der Waals surface area contributed by atoms with Crippen molar-refractivity contribution in [2.75, 3.05) is 19.6 Å². The first kappa shape index (κ1) is 13.1. The molecule has 0 spiro atoms. The summed E-state index contributed by atoms with van der Waals surface area (Å²) in [5.41, 5.74) is 7.87. The summed E-state index contributed by atoms with van der Waals surface area (Å²) in [6, 6.07) is 5.68. The number of nitrogens with zero attached hydrogens (tertiary/aromatic N) is 1. The quantitative estimate of drug-likeness (QED) is 0.907. The summed E-state index contributed by atoms with van der Waals surface area (Å²) < 4.78 is 13.4. The zero-order valence-corrected chi connectivity index (χ0v) is 11.6. The van der Waals surface area contributed by atoms with Crippen molar-refractivity contribution >= 4 is 0 Å². The molecule has 0 amide bonds. The largest absolute Gasteiger partial charge is 0.329 e. The second-order valence-electron chi connectivity index (χ2n) is 6.17. The van der Waals surface area contributed by atoms with Gasteiger partial charge in [-0.15, -0.1) is 0 Å². The lowest BCUT2D eigenvalue weighted by Crippen LogP contribution is -2.32. The van der Waals surface area contributed by atoms with Gasteiger partial charge in [-0.3, -0.25) is 4.90 Å². The maximum Gasteiger partial charge on any atom is 0.126 e. The van der Waals surface area contributed by atoms with E-state index >= 15 is 0 Å². The third-order valence-corrected chi connectivity index (χ3v) is 4.99. The van der Waals surface area contributed by atoms with Crippen LogP contribution < -0.4 is 5.73 Å². The lowest BCUT2D eigenvalue weighted by Gasteiger charge is -2.28. The van der Waals surface area contributed by atoms with Gasteiger partial charge in [-0.1, -0.05) is 18.6 Å². The number of benzene rings is 1. The van der Waals surface area contributed by atoms with Gasteiger partial charge in [-0.05, 0) is 48.8 Å². The molecule has 1 aromatic carbocycles. The average molecular weight is 262 g/mol. The van der Waals surface area contributed by atoms with Crippen LogP contribution in [0.25, 0.3) is 0 Å². The molecule has 3 unspecified atom stereocenters. The van der Waals surface area contributed by atoms with E-state index in [0.717, 1.165) is 17.4 Å². The van der Waals surface area contributed by atoms with Gasteiger partial charge >= 0.3 is 0 Å². The molecule has 104 valence electrons. The van der Waals surface area contributed by atoms with Crippen molar-refractivity contribution < 1.29 is 4.39 Å². The first-order valence-electron chi connectivity index (χ1n) is 7.39. The van der Waals surface area contributed by atoms with Crippen molar-refractivity contribution in [2.24, 2.45) is 17.6 Å². The van der Waals surface area contributed by atoms with Crippen LogP contribution in [0.3, 0.4) is 0 Å². The standard InChI is InChI=1S/C16H23FN2/c1-11-7-12(5-6-15(11)17)16(8-18)19-9-13-3-2-4-14(13)10-19/h5-7,13-14,16H,2-4,8-10,18H2,1H3. The fourth-order valence-electron chi connectivity index (χ4n) is 3.90. The molecule has 1 saturated heterocycles. The van der Waals surface area contributed by atoms with Gasteiger partial charge < -0.3 is 5.73 Å². The second-order valence-corrected chi connectivity index (χ2v) is 6.17. The molecule has 0 radical (unpaired) electrons. The number of rotatable bonds is 3. The number of hydrogen-bond donors (Lipinski definition) is 1. The first-order chi connectivity index (χ1) is 9.19. The van der Waals surface area contributed by atoms with Crippen LogP contribution in [0.15, 0.2) is 18.2 Å². The van der Waals surface area contributed by atoms with E-state index in [9.17, 15) is 4.39 Å². The molecule has 0 aromatic heterocycles. The molecule has 1 aromatic rings. The van der Waals surface area contributed by atoms with Crippen molar-refractivity contribution in [3.8, 4) is 0 Å². The minimum absolute atomic E-state index is 0.127. The Morgan fingerprint density at radius 3 is 2.58 bits per heavy atom. The molecular weight excluding hydrogens is 239 g/mol. The molecule has 0 bridgehead atoms. The van der Waals surface area contributed by atoms with Crippen molar-refractivity contribution in [3.63, 3.8) is 0 Å². The Kier molecular flexibility index (Phi) is 3.59. The monoisotopic (exact) mass is 262 g/mol. The van der Waals surface area contributed by atoms with Gasteiger partial charge in [-0.25, -0.2) is 4.39 Å². The fourth-order valence-corrected chi connectivity index (χ4v) is 3.90. The Balaban J connectivity index is 1.79. The molecule has 1 aliphatic carbocycles. The van der Waals surface area contributed by atoms with E-state index in [-0.39, 0.29) is 11.9 Å². The molecule has 1 aliphatic heterocycles. The summed E-state index contributed by atoms with van der Waals surface area (Å²) in [6.07, 6.45) is 4.15. The maximum absolute atomic E-state index is 13.4. The highest BCUT2D eigenvalue weighted by molar-refractivity contribution is 5.27. The number of likely N-dealkylation sites (tertiary alicyclic amines) is 1. The van der Waals surface area contributed by atoms with E-state index < -0.39 is 0 Å². The number of aryl methyl sites for hydroxylation is 1. The lowest BCUT2D eigenvalue weighted by molar-refractivity contribution is 0.231. The molecule has 19 heavy (non-hydrogen) atoms. The molecule has 2 N–H and O–H groups in total. The zero-order chi connectivity index (χ0) is 13.4. The van der Waals surface area contributed by atoms with Gasteiger partial charge in [0.2, 0.25) is 0 Å². The van der Waals surface area contributed by atoms with Gasteiger partial charge in [0.1, 0.15) is 5.82 Å². The Labute approximate surface area is 114 Å². The molecule has 3 rings (SSSR count). The van der Waals surface area contributed by atoms with Gasteiger partial charge in [0, 0.05) is 25.7 Å². The van der Waals surface area contributed by atoms with Crippen LogP contribution >= 0.6 is 0 Å². The highest BCUT2D eigenvalue weighted by Gasteiger charge is 2.38. The average Bonchev–Trinajstić information content (AvgIpc) is 2.95. The maximum atomic E-state index is 13.4. The second kappa shape index (κ2) is 5.22. The predicted octanol–water partition coefficient (Wildman–Crippen LogP) is 2.87. The van der Waals surface area contributed by atoms with E-state index in [1.54, 1.807) is 6.07 Å². The molecule has 3 heteroatoms. The lowest BCUT2D eigenvalue weighted by atomic mass is 10.0. The molecule has 2 nitrogen and oxygen atoms in total. The topological polar surface area (TPSA) is 29.3 Å². The van der Waals surface area contributed by atoms with Crippen LogP contribution in [-0.4, -0.2) is 24.5 Å². The number of halogens is 1. The number of hydrogen-bond acceptors (Lipinski definition) is 2. The van der Waals surface area contributed by atoms with Crippen molar-refractivity contribution in [2.45, 2.75) is 32.2 Å². The third kappa shape index (κ3) is 2.41. The minimum Gasteiger partial charge on any atom is -0.329 e. The summed E-state index contributed by atoms with van der Waals surface area (Å²) in [5.74, 6) is 1.61. The Bertz CT molecular complexity index is 448. The predicted molar refractivity (Wildman–Crippen MR) is 75.3 cm³/mol. The van der Waals surface area contributed by atoms with Crippen molar-refractivity contribution in [1.82, 2.24) is 4.90 Å². The van der Waals surface area contributed by atoms with E-state index in [1.807, 2.05) is 19.1 Å². The smallest absolute Gasteiger partial charge is 0.126 e. The summed E-state index contributed by atoms with van der Waals surface area (Å²) in [7, 11) is 0. The minimum atomic E-state index is -0.127. The van der Waals surface area contributed by atoms with Crippen LogP contribution in [0.4, 0.5) is 4.39 Å². The fraction of sp³-hybridized carbons (Fsp3) is 0.625. The van der Waals surface area contributed by atoms with Crippen molar-refractivity contribution in [3.05, 3.63) is 35.1 Å². The highest BCUT2D eigenvalue weighted by Crippen LogP contribution is 2.40. The molecule has 3 atom stereocenters. The van der Waals surface area contributed by atoms with Crippen LogP contribution in [0.2, 0.25) is 0 Å². The van der Waals surface area contributed by atoms with E-state index in [4.69, 9.17) is 5.73 Å². The molecule has 2 fully saturated rings. The van der Waals surface area contributed by atoms with Crippen LogP contribution in [0, 0.1) is 24.6 Å². The zero-order valence-electron chi connectivity index (χ0n) is 11.6. The molecule has 2 aliphatic rings. The number of nitrogens with two attached hydrogens (primary N) is 1. The van der Waals surface area contributed by atoms with Gasteiger partial charge in [0.05, 0.1) is 0 Å². The summed E-state index contributed by atoms with van der Waals surface area (Å²) in [5, 5.41) is 0. The highest BCUT2D eigenvalue weighted by atomic mass is 19.1. The van der Waals surface area contributed by atoms with Gasteiger partial charge in [0.15, 0.2) is 0 Å². The van der Waals surface area contributed by atoms with E-state index in [1.165, 1.54) is 37.9 Å². The Hall–Kier alpha value is -0.930. The van der Waals surface area contributed by atoms with Crippen LogP contribution in [0.5, 0.6) is 0 Å². The van der Waals surface area contributed by atoms with Gasteiger partial charge in [-0.2, -0.15) is 0 Å². The number of fused-ring (bicyclic) bond motifs is 1. The van der Waals surface area contributed by atoms with E-state index in [2.05, 4.69) is 4.90 Å². The molecule has 1 heterocycles. The van der Waals surface area contributed by atoms with E-state index in [0.29, 0.717) is 6.54 Å². The molecular formula is C16H23FN2. The van der Waals surface area contributed by atoms with Gasteiger partial charge in [0.25, 0.3) is 0 Å². The normalized spacial score (nSPS) is 28.6. The Morgan fingerprint density at radius 1 is 1.32 bits per heavy atom. The van der Waals surface area contributed by atoms with Crippen LogP contribution in [-0.2, 0) is 0 Å². The summed E-state index contributed by atoms with van der Waals surface area (Å²) >= 11 is 0. The molecule has 1 saturated carbocycles. The third-order valence-electron chi connectivity index (χ3n) is 4.99. The summed E-state index contributed by atoms with van der Waals surface area (Å²) in [4.78, 5) is 2.52.